The fourth-order valence-corrected chi connectivity index (χ4v) is 3.55. The number of hydrogen-bond donors (Lipinski definition) is 2. The van der Waals surface area contributed by atoms with Crippen molar-refractivity contribution < 1.29 is 9.21 Å². The highest BCUT2D eigenvalue weighted by Gasteiger charge is 2.13. The number of nitrogens with zero attached hydrogens (tertiary/aromatic N) is 2. The Kier molecular flexibility index (Phi) is 6.82. The van der Waals surface area contributed by atoms with Crippen molar-refractivity contribution in [2.75, 3.05) is 5.32 Å². The molecule has 0 bridgehead atoms. The number of benzene rings is 2. The van der Waals surface area contributed by atoms with E-state index in [4.69, 9.17) is 28.2 Å². The van der Waals surface area contributed by atoms with E-state index in [1.807, 2.05) is 12.1 Å². The van der Waals surface area contributed by atoms with Crippen LogP contribution in [0.5, 0.6) is 0 Å². The third-order valence-electron chi connectivity index (χ3n) is 4.89. The van der Waals surface area contributed by atoms with E-state index in [9.17, 15) is 4.79 Å². The van der Waals surface area contributed by atoms with E-state index < -0.39 is 0 Å². The van der Waals surface area contributed by atoms with Crippen LogP contribution in [-0.4, -0.2) is 21.0 Å². The van der Waals surface area contributed by atoms with Gasteiger partial charge in [0, 0.05) is 18.0 Å². The number of thiocarbonyl (C=S) groups is 1. The van der Waals surface area contributed by atoms with Gasteiger partial charge in [-0.15, -0.1) is 0 Å². The van der Waals surface area contributed by atoms with Crippen LogP contribution in [0.25, 0.3) is 28.8 Å². The van der Waals surface area contributed by atoms with E-state index in [0.717, 1.165) is 5.56 Å². The molecule has 0 aliphatic carbocycles. The van der Waals surface area contributed by atoms with Crippen LogP contribution in [0.1, 0.15) is 30.9 Å². The Hall–Kier alpha value is -3.55. The number of aromatic nitrogens is 2. The zero-order valence-corrected chi connectivity index (χ0v) is 19.6. The molecule has 166 valence electrons. The molecule has 0 saturated carbocycles. The second-order valence-electron chi connectivity index (χ2n) is 7.64. The fraction of sp³-hybridized carbons (Fsp3) is 0.120. The molecule has 4 aromatic rings. The monoisotopic (exact) mass is 476 g/mol. The molecule has 0 radical (unpaired) electrons. The Bertz CT molecular complexity index is 1310. The van der Waals surface area contributed by atoms with Crippen LogP contribution in [0.2, 0.25) is 5.02 Å². The molecular weight excluding hydrogens is 456 g/mol. The molecule has 0 aliphatic rings. The Morgan fingerprint density at radius 3 is 2.67 bits per heavy atom. The standard InChI is InChI=1S/C25H21ClN4O2S/c1-15(2)17-8-5-16(6-9-17)7-12-22(31)29-25(33)28-18-10-11-20(26)19(14-18)24-30-23-21(32-24)4-3-13-27-23/h3-15H,1-2H3,(H2,28,29,31,33)/b12-7+. The first-order chi connectivity index (χ1) is 15.9. The van der Waals surface area contributed by atoms with Crippen LogP contribution in [0.3, 0.4) is 0 Å². The minimum absolute atomic E-state index is 0.160. The number of carbonyl (C=O) groups excluding carboxylic acids is 1. The van der Waals surface area contributed by atoms with Crippen molar-refractivity contribution in [3.05, 3.63) is 83.0 Å². The van der Waals surface area contributed by atoms with E-state index in [1.54, 1.807) is 42.6 Å². The molecule has 4 rings (SSSR count). The van der Waals surface area contributed by atoms with E-state index >= 15 is 0 Å². The summed E-state index contributed by atoms with van der Waals surface area (Å²) in [5, 5.41) is 6.25. The molecule has 8 heteroatoms. The van der Waals surface area contributed by atoms with Crippen molar-refractivity contribution in [2.24, 2.45) is 0 Å². The van der Waals surface area contributed by atoms with Crippen molar-refractivity contribution in [2.45, 2.75) is 19.8 Å². The molecule has 2 heterocycles. The maximum atomic E-state index is 12.3. The summed E-state index contributed by atoms with van der Waals surface area (Å²) in [7, 11) is 0. The van der Waals surface area contributed by atoms with E-state index in [-0.39, 0.29) is 11.0 Å². The minimum atomic E-state index is -0.334. The molecule has 6 nitrogen and oxygen atoms in total. The van der Waals surface area contributed by atoms with Crippen molar-refractivity contribution in [3.8, 4) is 11.5 Å². The Balaban J connectivity index is 1.41. The maximum absolute atomic E-state index is 12.3. The van der Waals surface area contributed by atoms with Gasteiger partial charge in [-0.25, -0.2) is 4.98 Å². The molecule has 0 saturated heterocycles. The van der Waals surface area contributed by atoms with Crippen LogP contribution in [0.15, 0.2) is 71.3 Å². The number of hydrogen-bond acceptors (Lipinski definition) is 5. The lowest BCUT2D eigenvalue weighted by atomic mass is 10.0. The first-order valence-corrected chi connectivity index (χ1v) is 11.1. The molecular formula is C25H21ClN4O2S. The predicted molar refractivity (Wildman–Crippen MR) is 136 cm³/mol. The highest BCUT2D eigenvalue weighted by molar-refractivity contribution is 7.80. The summed E-state index contributed by atoms with van der Waals surface area (Å²) < 4.78 is 5.76. The van der Waals surface area contributed by atoms with Gasteiger partial charge in [0.25, 0.3) is 0 Å². The summed E-state index contributed by atoms with van der Waals surface area (Å²) in [4.78, 5) is 20.8. The third kappa shape index (κ3) is 5.63. The number of carbonyl (C=O) groups is 1. The van der Waals surface area contributed by atoms with E-state index in [0.29, 0.717) is 39.3 Å². The van der Waals surface area contributed by atoms with E-state index in [2.05, 4.69) is 46.6 Å². The number of anilines is 1. The lowest BCUT2D eigenvalue weighted by Gasteiger charge is -2.10. The number of nitrogens with one attached hydrogen (secondary N) is 2. The van der Waals surface area contributed by atoms with Gasteiger partial charge < -0.3 is 9.73 Å². The zero-order valence-electron chi connectivity index (χ0n) is 18.0. The van der Waals surface area contributed by atoms with Crippen LogP contribution >= 0.6 is 23.8 Å². The zero-order chi connectivity index (χ0) is 23.4. The fourth-order valence-electron chi connectivity index (χ4n) is 3.13. The summed E-state index contributed by atoms with van der Waals surface area (Å²) in [5.41, 5.74) is 4.45. The van der Waals surface area contributed by atoms with Gasteiger partial charge in [0.2, 0.25) is 11.8 Å². The van der Waals surface area contributed by atoms with Crippen LogP contribution < -0.4 is 10.6 Å². The largest absolute Gasteiger partial charge is 0.434 e. The average Bonchev–Trinajstić information content (AvgIpc) is 3.23. The number of rotatable bonds is 5. The predicted octanol–water partition coefficient (Wildman–Crippen LogP) is 6.19. The minimum Gasteiger partial charge on any atom is -0.434 e. The van der Waals surface area contributed by atoms with Gasteiger partial charge in [0.15, 0.2) is 16.3 Å². The molecule has 0 atom stereocenters. The van der Waals surface area contributed by atoms with Crippen molar-refractivity contribution >= 4 is 57.8 Å². The van der Waals surface area contributed by atoms with Gasteiger partial charge in [-0.2, -0.15) is 4.98 Å². The van der Waals surface area contributed by atoms with Gasteiger partial charge in [-0.3, -0.25) is 10.1 Å². The van der Waals surface area contributed by atoms with Crippen LogP contribution in [0.4, 0.5) is 5.69 Å². The Morgan fingerprint density at radius 2 is 1.94 bits per heavy atom. The molecule has 0 fully saturated rings. The molecule has 0 spiro atoms. The molecule has 33 heavy (non-hydrogen) atoms. The summed E-state index contributed by atoms with van der Waals surface area (Å²) >= 11 is 11.6. The van der Waals surface area contributed by atoms with Crippen molar-refractivity contribution in [3.63, 3.8) is 0 Å². The second-order valence-corrected chi connectivity index (χ2v) is 8.45. The quantitative estimate of drug-likeness (QED) is 0.264. The van der Waals surface area contributed by atoms with Gasteiger partial charge >= 0.3 is 0 Å². The molecule has 1 amide bonds. The van der Waals surface area contributed by atoms with Crippen LogP contribution in [-0.2, 0) is 4.79 Å². The summed E-state index contributed by atoms with van der Waals surface area (Å²) in [6, 6.07) is 16.8. The number of halogens is 1. The number of fused-ring (bicyclic) bond motifs is 1. The smallest absolute Gasteiger partial charge is 0.250 e. The molecule has 2 aromatic carbocycles. The second kappa shape index (κ2) is 9.94. The van der Waals surface area contributed by atoms with Crippen molar-refractivity contribution in [1.29, 1.82) is 0 Å². The summed E-state index contributed by atoms with van der Waals surface area (Å²) in [6.45, 7) is 4.28. The van der Waals surface area contributed by atoms with Gasteiger partial charge in [-0.05, 0) is 65.7 Å². The summed E-state index contributed by atoms with van der Waals surface area (Å²) in [5.74, 6) is 0.473. The number of pyridine rings is 1. The molecule has 2 N–H and O–H groups in total. The highest BCUT2D eigenvalue weighted by atomic mass is 35.5. The Morgan fingerprint density at radius 1 is 1.15 bits per heavy atom. The first kappa shape index (κ1) is 22.6. The van der Waals surface area contributed by atoms with Crippen LogP contribution in [0, 0.1) is 0 Å². The number of amides is 1. The lowest BCUT2D eigenvalue weighted by molar-refractivity contribution is -0.115. The maximum Gasteiger partial charge on any atom is 0.250 e. The normalized spacial score (nSPS) is 11.3. The molecule has 0 aliphatic heterocycles. The lowest BCUT2D eigenvalue weighted by Crippen LogP contribution is -2.32. The van der Waals surface area contributed by atoms with E-state index in [1.165, 1.54) is 11.6 Å². The third-order valence-corrected chi connectivity index (χ3v) is 5.42. The SMILES string of the molecule is CC(C)c1ccc(/C=C/C(=O)NC(=S)Nc2ccc(Cl)c(-c3nc4ncccc4o3)c2)cc1. The number of oxazole rings is 1. The first-order valence-electron chi connectivity index (χ1n) is 10.3. The van der Waals surface area contributed by atoms with Gasteiger partial charge in [-0.1, -0.05) is 49.7 Å². The molecule has 0 unspecified atom stereocenters. The topological polar surface area (TPSA) is 80.0 Å². The molecule has 2 aromatic heterocycles. The van der Waals surface area contributed by atoms with Gasteiger partial charge in [0.05, 0.1) is 10.6 Å². The highest BCUT2D eigenvalue weighted by Crippen LogP contribution is 2.31. The summed E-state index contributed by atoms with van der Waals surface area (Å²) in [6.07, 6.45) is 4.82. The van der Waals surface area contributed by atoms with Crippen molar-refractivity contribution in [1.82, 2.24) is 15.3 Å². The van der Waals surface area contributed by atoms with Gasteiger partial charge in [0.1, 0.15) is 0 Å². The average molecular weight is 477 g/mol. The Labute approximate surface area is 201 Å².